The highest BCUT2D eigenvalue weighted by molar-refractivity contribution is 5.91. The Bertz CT molecular complexity index is 402. The molecule has 3 N–H and O–H groups in total. The summed E-state index contributed by atoms with van der Waals surface area (Å²) in [6, 6.07) is 1.60. The summed E-state index contributed by atoms with van der Waals surface area (Å²) in [6.07, 6.45) is 1.58. The largest absolute Gasteiger partial charge is 0.468 e. The maximum Gasteiger partial charge on any atom is 0.327 e. The highest BCUT2D eigenvalue weighted by atomic mass is 16.5. The lowest BCUT2D eigenvalue weighted by Gasteiger charge is -2.07. The Labute approximate surface area is 98.9 Å². The third kappa shape index (κ3) is 3.87. The molecule has 1 rings (SSSR count). The normalized spacial score (nSPS) is 11.9. The fraction of sp³-hybridized carbons (Fsp3) is 0.500. The van der Waals surface area contributed by atoms with Crippen molar-refractivity contribution in [3.63, 3.8) is 0 Å². The maximum atomic E-state index is 11.5. The van der Waals surface area contributed by atoms with E-state index in [1.165, 1.54) is 11.8 Å². The predicted molar refractivity (Wildman–Crippen MR) is 61.1 cm³/mol. The molecular weight excluding hydrogens is 224 g/mol. The van der Waals surface area contributed by atoms with Crippen molar-refractivity contribution in [2.24, 2.45) is 11.7 Å². The first-order chi connectivity index (χ1) is 8.06. The van der Waals surface area contributed by atoms with E-state index in [1.54, 1.807) is 19.2 Å². The van der Waals surface area contributed by atoms with E-state index in [-0.39, 0.29) is 24.9 Å². The number of aromatic nitrogens is 2. The summed E-state index contributed by atoms with van der Waals surface area (Å²) in [6.45, 7) is 2.01. The van der Waals surface area contributed by atoms with E-state index in [1.807, 2.05) is 0 Å². The van der Waals surface area contributed by atoms with E-state index in [0.717, 1.165) is 0 Å². The molecule has 1 heterocycles. The summed E-state index contributed by atoms with van der Waals surface area (Å²) in [7, 11) is 1.30. The molecule has 1 unspecified atom stereocenters. The maximum absolute atomic E-state index is 11.5. The first-order valence-corrected chi connectivity index (χ1v) is 5.18. The molecule has 1 atom stereocenters. The third-order valence-corrected chi connectivity index (χ3v) is 2.21. The second-order valence-electron chi connectivity index (χ2n) is 3.60. The van der Waals surface area contributed by atoms with Crippen molar-refractivity contribution in [1.82, 2.24) is 9.78 Å². The monoisotopic (exact) mass is 240 g/mol. The van der Waals surface area contributed by atoms with Crippen molar-refractivity contribution in [3.8, 4) is 0 Å². The van der Waals surface area contributed by atoms with Gasteiger partial charge in [-0.15, -0.1) is 0 Å². The Balaban J connectivity index is 2.56. The van der Waals surface area contributed by atoms with Gasteiger partial charge in [-0.05, 0) is 0 Å². The Morgan fingerprint density at radius 2 is 2.35 bits per heavy atom. The lowest BCUT2D eigenvalue weighted by molar-refractivity contribution is -0.141. The van der Waals surface area contributed by atoms with Crippen LogP contribution in [0.1, 0.15) is 6.92 Å². The number of hydrogen-bond donors (Lipinski definition) is 2. The fourth-order valence-electron chi connectivity index (χ4n) is 1.07. The molecular formula is C10H16N4O3. The van der Waals surface area contributed by atoms with Gasteiger partial charge in [-0.2, -0.15) is 5.10 Å². The SMILES string of the molecule is COC(=O)Cn1ccc(NC(=O)C(C)CN)n1. The highest BCUT2D eigenvalue weighted by Gasteiger charge is 2.12. The number of carbonyl (C=O) groups excluding carboxylic acids is 2. The van der Waals surface area contributed by atoms with Crippen LogP contribution in [0, 0.1) is 5.92 Å². The number of carbonyl (C=O) groups is 2. The molecule has 17 heavy (non-hydrogen) atoms. The van der Waals surface area contributed by atoms with E-state index < -0.39 is 5.97 Å². The molecule has 0 aromatic carbocycles. The van der Waals surface area contributed by atoms with Crippen LogP contribution in [0.4, 0.5) is 5.82 Å². The molecule has 0 aliphatic heterocycles. The van der Waals surface area contributed by atoms with Gasteiger partial charge in [-0.1, -0.05) is 6.92 Å². The average Bonchev–Trinajstić information content (AvgIpc) is 2.75. The van der Waals surface area contributed by atoms with E-state index in [9.17, 15) is 9.59 Å². The number of rotatable bonds is 5. The first kappa shape index (κ1) is 13.2. The Morgan fingerprint density at radius 3 is 2.94 bits per heavy atom. The summed E-state index contributed by atoms with van der Waals surface area (Å²) in [5.74, 6) is -0.489. The number of hydrogen-bond acceptors (Lipinski definition) is 5. The van der Waals surface area contributed by atoms with Crippen molar-refractivity contribution < 1.29 is 14.3 Å². The van der Waals surface area contributed by atoms with Crippen LogP contribution < -0.4 is 11.1 Å². The van der Waals surface area contributed by atoms with Crippen LogP contribution in [0.3, 0.4) is 0 Å². The molecule has 0 saturated carbocycles. The second-order valence-corrected chi connectivity index (χ2v) is 3.60. The minimum Gasteiger partial charge on any atom is -0.468 e. The number of nitrogens with one attached hydrogen (secondary N) is 1. The van der Waals surface area contributed by atoms with Crippen LogP contribution in [0.2, 0.25) is 0 Å². The van der Waals surface area contributed by atoms with E-state index in [2.05, 4.69) is 15.2 Å². The van der Waals surface area contributed by atoms with Crippen LogP contribution in [-0.2, 0) is 20.9 Å². The molecule has 0 radical (unpaired) electrons. The zero-order valence-corrected chi connectivity index (χ0v) is 9.84. The number of anilines is 1. The topological polar surface area (TPSA) is 99.2 Å². The van der Waals surface area contributed by atoms with Crippen LogP contribution in [0.25, 0.3) is 0 Å². The van der Waals surface area contributed by atoms with E-state index >= 15 is 0 Å². The van der Waals surface area contributed by atoms with Gasteiger partial charge in [0, 0.05) is 24.7 Å². The molecule has 94 valence electrons. The van der Waals surface area contributed by atoms with Crippen molar-refractivity contribution >= 4 is 17.7 Å². The van der Waals surface area contributed by atoms with Crippen LogP contribution in [0.15, 0.2) is 12.3 Å². The first-order valence-electron chi connectivity index (χ1n) is 5.18. The molecule has 0 fully saturated rings. The minimum absolute atomic E-state index is 0.0127. The molecule has 7 heteroatoms. The standard InChI is InChI=1S/C10H16N4O3/c1-7(5-11)10(16)12-8-3-4-14(13-8)6-9(15)17-2/h3-4,7H,5-6,11H2,1-2H3,(H,12,13,16). The summed E-state index contributed by atoms with van der Waals surface area (Å²) in [5, 5.41) is 6.60. The molecule has 1 aromatic rings. The smallest absolute Gasteiger partial charge is 0.327 e. The summed E-state index contributed by atoms with van der Waals surface area (Å²) < 4.78 is 5.88. The lowest BCUT2D eigenvalue weighted by atomic mass is 10.2. The van der Waals surface area contributed by atoms with Gasteiger partial charge >= 0.3 is 5.97 Å². The van der Waals surface area contributed by atoms with Gasteiger partial charge in [0.2, 0.25) is 5.91 Å². The lowest BCUT2D eigenvalue weighted by Crippen LogP contribution is -2.27. The number of methoxy groups -OCH3 is 1. The highest BCUT2D eigenvalue weighted by Crippen LogP contribution is 2.05. The molecule has 0 saturated heterocycles. The van der Waals surface area contributed by atoms with Crippen molar-refractivity contribution in [2.45, 2.75) is 13.5 Å². The average molecular weight is 240 g/mol. The van der Waals surface area contributed by atoms with Crippen LogP contribution >= 0.6 is 0 Å². The number of esters is 1. The number of nitrogens with two attached hydrogens (primary N) is 1. The van der Waals surface area contributed by atoms with Crippen molar-refractivity contribution in [1.29, 1.82) is 0 Å². The summed E-state index contributed by atoms with van der Waals surface area (Å²) >= 11 is 0. The van der Waals surface area contributed by atoms with Crippen LogP contribution in [-0.4, -0.2) is 35.3 Å². The summed E-state index contributed by atoms with van der Waals surface area (Å²) in [5.41, 5.74) is 5.37. The third-order valence-electron chi connectivity index (χ3n) is 2.21. The van der Waals surface area contributed by atoms with Gasteiger partial charge in [-0.25, -0.2) is 0 Å². The molecule has 0 aliphatic rings. The van der Waals surface area contributed by atoms with Gasteiger partial charge in [0.25, 0.3) is 0 Å². The molecule has 0 aliphatic carbocycles. The van der Waals surface area contributed by atoms with Gasteiger partial charge in [0.1, 0.15) is 6.54 Å². The zero-order valence-electron chi connectivity index (χ0n) is 9.84. The van der Waals surface area contributed by atoms with E-state index in [0.29, 0.717) is 5.82 Å². The Kier molecular flexibility index (Phi) is 4.65. The zero-order chi connectivity index (χ0) is 12.8. The molecule has 7 nitrogen and oxygen atoms in total. The van der Waals surface area contributed by atoms with Gasteiger partial charge in [0.15, 0.2) is 5.82 Å². The number of nitrogens with zero attached hydrogens (tertiary/aromatic N) is 2. The number of ether oxygens (including phenoxy) is 1. The minimum atomic E-state index is -0.402. The molecule has 1 amide bonds. The Hall–Kier alpha value is -1.89. The van der Waals surface area contributed by atoms with Crippen molar-refractivity contribution in [3.05, 3.63) is 12.3 Å². The predicted octanol–water partition coefficient (Wildman–Crippen LogP) is -0.411. The number of amides is 1. The Morgan fingerprint density at radius 1 is 1.65 bits per heavy atom. The van der Waals surface area contributed by atoms with Gasteiger partial charge in [-0.3, -0.25) is 14.3 Å². The molecule has 1 aromatic heterocycles. The summed E-state index contributed by atoms with van der Waals surface area (Å²) in [4.78, 5) is 22.5. The van der Waals surface area contributed by atoms with E-state index in [4.69, 9.17) is 5.73 Å². The molecule has 0 spiro atoms. The van der Waals surface area contributed by atoms with Crippen LogP contribution in [0.5, 0.6) is 0 Å². The fourth-order valence-corrected chi connectivity index (χ4v) is 1.07. The quantitative estimate of drug-likeness (QED) is 0.681. The van der Waals surface area contributed by atoms with Gasteiger partial charge in [0.05, 0.1) is 7.11 Å². The second kappa shape index (κ2) is 6.00. The van der Waals surface area contributed by atoms with Gasteiger partial charge < -0.3 is 15.8 Å². The van der Waals surface area contributed by atoms with Crippen molar-refractivity contribution in [2.75, 3.05) is 19.0 Å². The molecule has 0 bridgehead atoms.